The molecule has 0 bridgehead atoms. The maximum atomic E-state index is 11.8. The standard InChI is InChI=1S/C23H27N5O2/c1-16-13-17(2)20(25-14-16)15-28(19-8-11-27(12-9-19)23(29)26-30)21-7-3-5-18-6-4-10-24-22(18)21/h3-7,10,13-14,19,30H,8-9,11-12,15H2,1-2H3,(H,26,29). The Morgan fingerprint density at radius 2 is 1.97 bits per heavy atom. The number of likely N-dealkylation sites (tertiary alicyclic amines) is 1. The van der Waals surface area contributed by atoms with Gasteiger partial charge in [0.1, 0.15) is 0 Å². The van der Waals surface area contributed by atoms with Gasteiger partial charge in [0.25, 0.3) is 0 Å². The van der Waals surface area contributed by atoms with E-state index >= 15 is 0 Å². The summed E-state index contributed by atoms with van der Waals surface area (Å²) in [6, 6.07) is 12.2. The summed E-state index contributed by atoms with van der Waals surface area (Å²) in [6.45, 7) is 6.01. The number of rotatable bonds is 4. The Morgan fingerprint density at radius 3 is 2.70 bits per heavy atom. The molecule has 0 aliphatic carbocycles. The summed E-state index contributed by atoms with van der Waals surface area (Å²) < 4.78 is 0. The van der Waals surface area contributed by atoms with Gasteiger partial charge in [0.15, 0.2) is 0 Å². The molecule has 1 fully saturated rings. The van der Waals surface area contributed by atoms with Crippen LogP contribution in [0.4, 0.5) is 10.5 Å². The minimum atomic E-state index is -0.442. The third-order valence-electron chi connectivity index (χ3n) is 5.85. The van der Waals surface area contributed by atoms with E-state index in [1.807, 2.05) is 18.5 Å². The van der Waals surface area contributed by atoms with E-state index in [1.165, 1.54) is 5.56 Å². The first-order chi connectivity index (χ1) is 14.6. The normalized spacial score (nSPS) is 14.7. The fraction of sp³-hybridized carbons (Fsp3) is 0.348. The summed E-state index contributed by atoms with van der Waals surface area (Å²) in [7, 11) is 0. The summed E-state index contributed by atoms with van der Waals surface area (Å²) in [6.07, 6.45) is 5.35. The van der Waals surface area contributed by atoms with Gasteiger partial charge in [-0.3, -0.25) is 15.2 Å². The summed E-state index contributed by atoms with van der Waals surface area (Å²) >= 11 is 0. The van der Waals surface area contributed by atoms with Crippen molar-refractivity contribution in [3.8, 4) is 0 Å². The minimum Gasteiger partial charge on any atom is -0.361 e. The number of carbonyl (C=O) groups is 1. The fourth-order valence-electron chi connectivity index (χ4n) is 4.25. The SMILES string of the molecule is Cc1cnc(CN(c2cccc3cccnc23)C2CCN(C(=O)NO)CC2)c(C)c1. The highest BCUT2D eigenvalue weighted by Gasteiger charge is 2.28. The van der Waals surface area contributed by atoms with Crippen molar-refractivity contribution < 1.29 is 10.0 Å². The lowest BCUT2D eigenvalue weighted by Crippen LogP contribution is -2.49. The molecule has 7 nitrogen and oxygen atoms in total. The molecule has 30 heavy (non-hydrogen) atoms. The summed E-state index contributed by atoms with van der Waals surface area (Å²) in [5.74, 6) is 0. The van der Waals surface area contributed by atoms with E-state index in [1.54, 1.807) is 10.4 Å². The lowest BCUT2D eigenvalue weighted by molar-refractivity contribution is 0.120. The number of carbonyl (C=O) groups excluding carboxylic acids is 1. The predicted octanol–water partition coefficient (Wildman–Crippen LogP) is 3.82. The van der Waals surface area contributed by atoms with Crippen LogP contribution in [0, 0.1) is 13.8 Å². The largest absolute Gasteiger partial charge is 0.361 e. The number of nitrogens with zero attached hydrogens (tertiary/aromatic N) is 4. The second-order valence-corrected chi connectivity index (χ2v) is 7.89. The molecule has 3 aromatic rings. The number of aromatic nitrogens is 2. The highest BCUT2D eigenvalue weighted by Crippen LogP contribution is 2.31. The number of nitrogens with one attached hydrogen (secondary N) is 1. The Balaban J connectivity index is 1.69. The summed E-state index contributed by atoms with van der Waals surface area (Å²) in [5, 5.41) is 10.0. The highest BCUT2D eigenvalue weighted by atomic mass is 16.5. The predicted molar refractivity (Wildman–Crippen MR) is 117 cm³/mol. The molecule has 2 N–H and O–H groups in total. The van der Waals surface area contributed by atoms with Crippen LogP contribution in [0.2, 0.25) is 0 Å². The molecule has 3 heterocycles. The maximum absolute atomic E-state index is 11.8. The average molecular weight is 406 g/mol. The molecule has 1 saturated heterocycles. The maximum Gasteiger partial charge on any atom is 0.341 e. The van der Waals surface area contributed by atoms with Crippen LogP contribution in [0.25, 0.3) is 10.9 Å². The molecular weight excluding hydrogens is 378 g/mol. The molecule has 1 aromatic carbocycles. The van der Waals surface area contributed by atoms with Gasteiger partial charge in [-0.1, -0.05) is 24.3 Å². The summed E-state index contributed by atoms with van der Waals surface area (Å²) in [4.78, 5) is 25.2. The molecule has 0 unspecified atom stereocenters. The van der Waals surface area contributed by atoms with Crippen molar-refractivity contribution in [2.24, 2.45) is 0 Å². The Bertz CT molecular complexity index is 1040. The third kappa shape index (κ3) is 4.07. The van der Waals surface area contributed by atoms with Crippen LogP contribution in [0.3, 0.4) is 0 Å². The number of hydrogen-bond donors (Lipinski definition) is 2. The van der Waals surface area contributed by atoms with Gasteiger partial charge < -0.3 is 9.80 Å². The molecule has 156 valence electrons. The van der Waals surface area contributed by atoms with Crippen LogP contribution in [0.15, 0.2) is 48.8 Å². The van der Waals surface area contributed by atoms with E-state index in [4.69, 9.17) is 10.2 Å². The Kier molecular flexibility index (Phi) is 5.81. The molecule has 0 atom stereocenters. The van der Waals surface area contributed by atoms with Gasteiger partial charge in [-0.25, -0.2) is 10.3 Å². The number of piperidine rings is 1. The molecule has 2 amide bonds. The quantitative estimate of drug-likeness (QED) is 0.509. The topological polar surface area (TPSA) is 81.6 Å². The number of fused-ring (bicyclic) bond motifs is 1. The number of hydrogen-bond acceptors (Lipinski definition) is 5. The van der Waals surface area contributed by atoms with Crippen molar-refractivity contribution in [3.05, 3.63) is 65.6 Å². The molecule has 0 spiro atoms. The number of amides is 2. The zero-order valence-electron chi connectivity index (χ0n) is 17.4. The third-order valence-corrected chi connectivity index (χ3v) is 5.85. The van der Waals surface area contributed by atoms with Crippen LogP contribution >= 0.6 is 0 Å². The zero-order chi connectivity index (χ0) is 21.1. The molecule has 2 aromatic heterocycles. The first-order valence-corrected chi connectivity index (χ1v) is 10.3. The molecule has 7 heteroatoms. The number of benzene rings is 1. The second kappa shape index (κ2) is 8.67. The van der Waals surface area contributed by atoms with E-state index in [2.05, 4.69) is 54.1 Å². The first-order valence-electron chi connectivity index (χ1n) is 10.3. The second-order valence-electron chi connectivity index (χ2n) is 7.89. The van der Waals surface area contributed by atoms with E-state index in [9.17, 15) is 4.79 Å². The monoisotopic (exact) mass is 405 g/mol. The van der Waals surface area contributed by atoms with Crippen molar-refractivity contribution in [3.63, 3.8) is 0 Å². The van der Waals surface area contributed by atoms with Crippen LogP contribution in [0.1, 0.15) is 29.7 Å². The number of urea groups is 1. The van der Waals surface area contributed by atoms with Gasteiger partial charge in [0.05, 0.1) is 23.4 Å². The van der Waals surface area contributed by atoms with Crippen molar-refractivity contribution in [1.82, 2.24) is 20.3 Å². The lowest BCUT2D eigenvalue weighted by atomic mass is 10.0. The van der Waals surface area contributed by atoms with Gasteiger partial charge in [0.2, 0.25) is 0 Å². The first kappa shape index (κ1) is 20.1. The number of anilines is 1. The van der Waals surface area contributed by atoms with Crippen LogP contribution in [-0.2, 0) is 6.54 Å². The molecule has 4 rings (SSSR count). The average Bonchev–Trinajstić information content (AvgIpc) is 2.78. The van der Waals surface area contributed by atoms with Crippen molar-refractivity contribution >= 4 is 22.6 Å². The van der Waals surface area contributed by atoms with Gasteiger partial charge in [0, 0.05) is 36.9 Å². The number of aryl methyl sites for hydroxylation is 2. The minimum absolute atomic E-state index is 0.239. The Labute approximate surface area is 176 Å². The van der Waals surface area contributed by atoms with Crippen molar-refractivity contribution in [1.29, 1.82) is 0 Å². The molecule has 0 saturated carbocycles. The lowest BCUT2D eigenvalue weighted by Gasteiger charge is -2.39. The zero-order valence-corrected chi connectivity index (χ0v) is 17.4. The van der Waals surface area contributed by atoms with Crippen LogP contribution < -0.4 is 10.4 Å². The van der Waals surface area contributed by atoms with E-state index < -0.39 is 6.03 Å². The van der Waals surface area contributed by atoms with Crippen LogP contribution in [-0.4, -0.2) is 45.2 Å². The van der Waals surface area contributed by atoms with Gasteiger partial charge >= 0.3 is 6.03 Å². The van der Waals surface area contributed by atoms with Gasteiger partial charge in [-0.15, -0.1) is 0 Å². The molecule has 1 aliphatic heterocycles. The number of para-hydroxylation sites is 1. The van der Waals surface area contributed by atoms with E-state index in [0.29, 0.717) is 19.6 Å². The van der Waals surface area contributed by atoms with Gasteiger partial charge in [-0.05, 0) is 49.9 Å². The smallest absolute Gasteiger partial charge is 0.341 e. The fourth-order valence-corrected chi connectivity index (χ4v) is 4.25. The van der Waals surface area contributed by atoms with Crippen molar-refractivity contribution in [2.75, 3.05) is 18.0 Å². The number of pyridine rings is 2. The summed E-state index contributed by atoms with van der Waals surface area (Å²) in [5.41, 5.74) is 7.16. The van der Waals surface area contributed by atoms with E-state index in [0.717, 1.165) is 40.7 Å². The molecule has 0 radical (unpaired) electrons. The molecule has 1 aliphatic rings. The van der Waals surface area contributed by atoms with Crippen LogP contribution in [0.5, 0.6) is 0 Å². The highest BCUT2D eigenvalue weighted by molar-refractivity contribution is 5.90. The molecular formula is C23H27N5O2. The Hall–Kier alpha value is -3.19. The van der Waals surface area contributed by atoms with Crippen molar-refractivity contribution in [2.45, 2.75) is 39.3 Å². The van der Waals surface area contributed by atoms with E-state index in [-0.39, 0.29) is 6.04 Å². The Morgan fingerprint density at radius 1 is 1.20 bits per heavy atom. The number of hydroxylamine groups is 1. The van der Waals surface area contributed by atoms with Gasteiger partial charge in [-0.2, -0.15) is 0 Å².